The lowest BCUT2D eigenvalue weighted by atomic mass is 9.63. The Hall–Kier alpha value is -2.79. The zero-order chi connectivity index (χ0) is 25.0. The van der Waals surface area contributed by atoms with Gasteiger partial charge in [0, 0.05) is 35.8 Å². The number of fused-ring (bicyclic) bond motifs is 1. The van der Waals surface area contributed by atoms with Gasteiger partial charge in [-0.3, -0.25) is 4.79 Å². The highest BCUT2D eigenvalue weighted by atomic mass is 16.5. The Labute approximate surface area is 215 Å². The minimum atomic E-state index is -0.262. The molecule has 0 saturated carbocycles. The van der Waals surface area contributed by atoms with E-state index in [9.17, 15) is 9.90 Å². The van der Waals surface area contributed by atoms with Gasteiger partial charge in [0.05, 0.1) is 13.2 Å². The molecular weight excluding hydrogens is 450 g/mol. The molecule has 5 nitrogen and oxygen atoms in total. The Kier molecular flexibility index (Phi) is 7.66. The molecule has 192 valence electrons. The minimum Gasteiger partial charge on any atom is -0.508 e. The van der Waals surface area contributed by atoms with Crippen LogP contribution in [0.5, 0.6) is 17.2 Å². The van der Waals surface area contributed by atoms with E-state index in [1.54, 1.807) is 12.1 Å². The van der Waals surface area contributed by atoms with Crippen LogP contribution in [-0.4, -0.2) is 48.6 Å². The largest absolute Gasteiger partial charge is 0.508 e. The van der Waals surface area contributed by atoms with E-state index in [0.717, 1.165) is 36.5 Å². The van der Waals surface area contributed by atoms with Crippen molar-refractivity contribution in [2.24, 2.45) is 5.41 Å². The molecule has 1 N–H and O–H groups in total. The van der Waals surface area contributed by atoms with Crippen molar-refractivity contribution in [1.82, 2.24) is 4.90 Å². The van der Waals surface area contributed by atoms with Crippen molar-refractivity contribution in [2.45, 2.75) is 64.2 Å². The highest BCUT2D eigenvalue weighted by molar-refractivity contribution is 5.81. The third-order valence-corrected chi connectivity index (χ3v) is 8.26. The number of allylic oxidation sites excluding steroid dienone is 1. The molecule has 2 aromatic carbocycles. The van der Waals surface area contributed by atoms with Gasteiger partial charge in [-0.05, 0) is 75.5 Å². The number of ether oxygens (including phenoxy) is 2. The number of phenolic OH excluding ortho intramolecular Hbond substituents is 1. The summed E-state index contributed by atoms with van der Waals surface area (Å²) in [6.07, 6.45) is 10.3. The number of unbranched alkanes of at least 4 members (excludes halogenated alkanes) is 1. The molecule has 5 heteroatoms. The normalized spacial score (nSPS) is 24.5. The number of carbonyl (C=O) groups is 1. The summed E-state index contributed by atoms with van der Waals surface area (Å²) in [7, 11) is 0. The van der Waals surface area contributed by atoms with E-state index in [0.29, 0.717) is 25.2 Å². The van der Waals surface area contributed by atoms with Crippen LogP contribution in [0.15, 0.2) is 54.1 Å². The van der Waals surface area contributed by atoms with Crippen molar-refractivity contribution in [3.63, 3.8) is 0 Å². The lowest BCUT2D eigenvalue weighted by Crippen LogP contribution is -2.39. The maximum Gasteiger partial charge on any atom is 0.136 e. The number of hydrogen-bond donors (Lipinski definition) is 1. The first-order valence-electron chi connectivity index (χ1n) is 13.6. The molecule has 0 amide bonds. The van der Waals surface area contributed by atoms with Crippen LogP contribution in [0.3, 0.4) is 0 Å². The van der Waals surface area contributed by atoms with Crippen LogP contribution in [0.4, 0.5) is 0 Å². The van der Waals surface area contributed by atoms with Crippen molar-refractivity contribution in [2.75, 3.05) is 32.8 Å². The number of nitrogens with zero attached hydrogens (tertiary/aromatic N) is 1. The molecule has 36 heavy (non-hydrogen) atoms. The van der Waals surface area contributed by atoms with Crippen molar-refractivity contribution in [1.29, 1.82) is 0 Å². The number of carbonyl (C=O) groups excluding carboxylic acids is 1. The van der Waals surface area contributed by atoms with E-state index in [1.165, 1.54) is 56.5 Å². The van der Waals surface area contributed by atoms with Gasteiger partial charge in [0.2, 0.25) is 0 Å². The van der Waals surface area contributed by atoms with Gasteiger partial charge < -0.3 is 19.5 Å². The second kappa shape index (κ2) is 11.1. The van der Waals surface area contributed by atoms with E-state index in [1.807, 2.05) is 6.07 Å². The van der Waals surface area contributed by atoms with Gasteiger partial charge >= 0.3 is 0 Å². The Morgan fingerprint density at radius 3 is 2.61 bits per heavy atom. The number of hydrogen-bond acceptors (Lipinski definition) is 5. The smallest absolute Gasteiger partial charge is 0.136 e. The average Bonchev–Trinajstić information content (AvgIpc) is 2.90. The zero-order valence-electron chi connectivity index (χ0n) is 21.5. The van der Waals surface area contributed by atoms with Crippen LogP contribution in [0.25, 0.3) is 0 Å². The van der Waals surface area contributed by atoms with Crippen LogP contribution in [0, 0.1) is 5.41 Å². The lowest BCUT2D eigenvalue weighted by Gasteiger charge is -2.45. The maximum atomic E-state index is 11.9. The fourth-order valence-corrected chi connectivity index (χ4v) is 6.17. The Morgan fingerprint density at radius 2 is 1.86 bits per heavy atom. The monoisotopic (exact) mass is 489 g/mol. The van der Waals surface area contributed by atoms with Crippen molar-refractivity contribution in [3.8, 4) is 17.2 Å². The van der Waals surface area contributed by atoms with E-state index >= 15 is 0 Å². The van der Waals surface area contributed by atoms with Gasteiger partial charge in [-0.25, -0.2) is 0 Å². The molecule has 0 radical (unpaired) electrons. The number of ketones is 1. The summed E-state index contributed by atoms with van der Waals surface area (Å²) in [6, 6.07) is 13.9. The van der Waals surface area contributed by atoms with Crippen molar-refractivity contribution in [3.05, 3.63) is 65.2 Å². The predicted octanol–water partition coefficient (Wildman–Crippen LogP) is 6.25. The van der Waals surface area contributed by atoms with E-state index < -0.39 is 0 Å². The highest BCUT2D eigenvalue weighted by Gasteiger charge is 2.45. The highest BCUT2D eigenvalue weighted by Crippen LogP contribution is 2.54. The summed E-state index contributed by atoms with van der Waals surface area (Å²) >= 11 is 0. The van der Waals surface area contributed by atoms with Gasteiger partial charge in [0.1, 0.15) is 23.0 Å². The number of phenols is 1. The van der Waals surface area contributed by atoms with Gasteiger partial charge in [-0.15, -0.1) is 0 Å². The summed E-state index contributed by atoms with van der Waals surface area (Å²) in [6.45, 7) is 7.20. The summed E-state index contributed by atoms with van der Waals surface area (Å²) < 4.78 is 12.3. The first-order chi connectivity index (χ1) is 17.5. The minimum absolute atomic E-state index is 0.0693. The molecule has 0 unspecified atom stereocenters. The standard InChI is InChI=1S/C31H39NO4/c1-31(24-9-11-25(33)12-10-24)22-36-29-21-26(34)13-16-28(29)30(31)23-7-14-27(15-8-23)35-20-6-5-19-32-17-3-2-4-18-32/h7-9,13-16,21,30,34H,2-6,10-12,17-20,22H2,1H3/t30-,31-/m1/s1. The Balaban J connectivity index is 1.29. The van der Waals surface area contributed by atoms with Crippen LogP contribution in [-0.2, 0) is 4.79 Å². The molecule has 0 spiro atoms. The van der Waals surface area contributed by atoms with Crippen LogP contribution in [0.1, 0.15) is 75.3 Å². The molecule has 0 bridgehead atoms. The van der Waals surface area contributed by atoms with E-state index in [4.69, 9.17) is 9.47 Å². The third kappa shape index (κ3) is 5.46. The summed E-state index contributed by atoms with van der Waals surface area (Å²) in [5.74, 6) is 2.22. The third-order valence-electron chi connectivity index (χ3n) is 8.26. The van der Waals surface area contributed by atoms with Crippen molar-refractivity contribution >= 4 is 5.78 Å². The van der Waals surface area contributed by atoms with Crippen LogP contribution >= 0.6 is 0 Å². The Morgan fingerprint density at radius 1 is 1.06 bits per heavy atom. The predicted molar refractivity (Wildman–Crippen MR) is 142 cm³/mol. The van der Waals surface area contributed by atoms with Crippen LogP contribution < -0.4 is 9.47 Å². The number of Topliss-reactive ketones (excluding diaryl/α,β-unsaturated/α-hetero) is 1. The van der Waals surface area contributed by atoms with Gasteiger partial charge in [0.15, 0.2) is 0 Å². The molecule has 1 saturated heterocycles. The molecule has 2 heterocycles. The molecule has 3 aliphatic rings. The number of benzene rings is 2. The molecule has 2 atom stereocenters. The van der Waals surface area contributed by atoms with Crippen LogP contribution in [0.2, 0.25) is 0 Å². The molecular formula is C31H39NO4. The molecule has 1 fully saturated rings. The SMILES string of the molecule is C[C@]1(C2=CCC(=O)CC2)COc2cc(O)ccc2[C@H]1c1ccc(OCCCCN2CCCCC2)cc1. The fraction of sp³-hybridized carbons (Fsp3) is 0.516. The number of likely N-dealkylation sites (tertiary alicyclic amines) is 1. The first-order valence-corrected chi connectivity index (χ1v) is 13.6. The van der Waals surface area contributed by atoms with E-state index in [2.05, 4.69) is 42.2 Å². The number of aromatic hydroxyl groups is 1. The Bertz CT molecular complexity index is 1090. The topological polar surface area (TPSA) is 59.0 Å². The molecule has 1 aliphatic carbocycles. The lowest BCUT2D eigenvalue weighted by molar-refractivity contribution is -0.118. The van der Waals surface area contributed by atoms with Gasteiger partial charge in [-0.1, -0.05) is 43.2 Å². The second-order valence-electron chi connectivity index (χ2n) is 10.9. The van der Waals surface area contributed by atoms with Gasteiger partial charge in [0.25, 0.3) is 0 Å². The first kappa shape index (κ1) is 24.9. The quantitative estimate of drug-likeness (QED) is 0.351. The summed E-state index contributed by atoms with van der Waals surface area (Å²) in [5.41, 5.74) is 3.30. The molecule has 2 aliphatic heterocycles. The molecule has 5 rings (SSSR count). The van der Waals surface area contributed by atoms with E-state index in [-0.39, 0.29) is 17.1 Å². The maximum absolute atomic E-state index is 11.9. The molecule has 0 aromatic heterocycles. The van der Waals surface area contributed by atoms with Gasteiger partial charge in [-0.2, -0.15) is 0 Å². The second-order valence-corrected chi connectivity index (χ2v) is 10.9. The number of rotatable bonds is 8. The molecule has 2 aromatic rings. The average molecular weight is 490 g/mol. The zero-order valence-corrected chi connectivity index (χ0v) is 21.5. The summed E-state index contributed by atoms with van der Waals surface area (Å²) in [4.78, 5) is 14.5. The van der Waals surface area contributed by atoms with Crippen molar-refractivity contribution < 1.29 is 19.4 Å². The summed E-state index contributed by atoms with van der Waals surface area (Å²) in [5, 5.41) is 10.0. The number of piperidine rings is 1. The fourth-order valence-electron chi connectivity index (χ4n) is 6.17.